The molecule has 2 aromatic rings. The summed E-state index contributed by atoms with van der Waals surface area (Å²) in [7, 11) is 4.19. The van der Waals surface area contributed by atoms with Crippen LogP contribution in [0, 0.1) is 0 Å². The van der Waals surface area contributed by atoms with Crippen LogP contribution in [-0.2, 0) is 6.54 Å². The van der Waals surface area contributed by atoms with E-state index in [0.717, 1.165) is 18.8 Å². The minimum absolute atomic E-state index is 0.487. The Morgan fingerprint density at radius 2 is 2.00 bits per heavy atom. The van der Waals surface area contributed by atoms with Crippen molar-refractivity contribution in [3.8, 4) is 5.69 Å². The van der Waals surface area contributed by atoms with E-state index in [-0.39, 0.29) is 0 Å². The van der Waals surface area contributed by atoms with E-state index in [2.05, 4.69) is 60.6 Å². The van der Waals surface area contributed by atoms with Gasteiger partial charge in [0, 0.05) is 31.5 Å². The Balaban J connectivity index is 1.89. The average molecular weight is 258 g/mol. The largest absolute Gasteiger partial charge is 0.309 e. The van der Waals surface area contributed by atoms with Gasteiger partial charge in [0.15, 0.2) is 0 Å². The quantitative estimate of drug-likeness (QED) is 0.859. The van der Waals surface area contributed by atoms with Gasteiger partial charge in [-0.1, -0.05) is 12.1 Å². The zero-order valence-corrected chi connectivity index (χ0v) is 11.9. The van der Waals surface area contributed by atoms with Crippen LogP contribution in [0.4, 0.5) is 0 Å². The number of rotatable bonds is 6. The zero-order chi connectivity index (χ0) is 13.7. The second kappa shape index (κ2) is 6.50. The summed E-state index contributed by atoms with van der Waals surface area (Å²) in [5.74, 6) is 0. The highest BCUT2D eigenvalue weighted by Crippen LogP contribution is 2.08. The van der Waals surface area contributed by atoms with Gasteiger partial charge >= 0.3 is 0 Å². The third kappa shape index (κ3) is 4.19. The summed E-state index contributed by atoms with van der Waals surface area (Å²) in [5, 5.41) is 7.74. The first-order valence-electron chi connectivity index (χ1n) is 6.62. The Kier molecular flexibility index (Phi) is 4.71. The van der Waals surface area contributed by atoms with Gasteiger partial charge in [0.2, 0.25) is 0 Å². The minimum Gasteiger partial charge on any atom is -0.309 e. The van der Waals surface area contributed by atoms with Crippen LogP contribution in [0.2, 0.25) is 0 Å². The third-order valence-corrected chi connectivity index (χ3v) is 3.00. The molecule has 4 nitrogen and oxygen atoms in total. The number of aromatic nitrogens is 2. The predicted octanol–water partition coefficient (Wildman–Crippen LogP) is 1.91. The molecule has 0 saturated carbocycles. The molecule has 1 N–H and O–H groups in total. The van der Waals surface area contributed by atoms with E-state index in [1.807, 2.05) is 16.9 Å². The van der Waals surface area contributed by atoms with Gasteiger partial charge < -0.3 is 10.2 Å². The van der Waals surface area contributed by atoms with Gasteiger partial charge in [-0.3, -0.25) is 0 Å². The highest BCUT2D eigenvalue weighted by molar-refractivity contribution is 5.33. The molecule has 1 aromatic heterocycles. The molecule has 0 aliphatic carbocycles. The lowest BCUT2D eigenvalue weighted by Crippen LogP contribution is -2.35. The van der Waals surface area contributed by atoms with Crippen LogP contribution >= 0.6 is 0 Å². The number of likely N-dealkylation sites (N-methyl/N-ethyl adjacent to an activating group) is 1. The molecule has 102 valence electrons. The summed E-state index contributed by atoms with van der Waals surface area (Å²) in [6.07, 6.45) is 3.74. The lowest BCUT2D eigenvalue weighted by atomic mass is 10.2. The highest BCUT2D eigenvalue weighted by atomic mass is 15.3. The molecular formula is C15H22N4. The maximum absolute atomic E-state index is 4.22. The second-order valence-electron chi connectivity index (χ2n) is 5.16. The molecule has 0 aliphatic rings. The number of benzene rings is 1. The van der Waals surface area contributed by atoms with Gasteiger partial charge in [-0.15, -0.1) is 0 Å². The number of nitrogens with one attached hydrogen (secondary N) is 1. The van der Waals surface area contributed by atoms with Crippen molar-refractivity contribution in [1.82, 2.24) is 20.0 Å². The van der Waals surface area contributed by atoms with Crippen molar-refractivity contribution in [2.24, 2.45) is 0 Å². The molecule has 2 rings (SSSR count). The summed E-state index contributed by atoms with van der Waals surface area (Å²) in [6.45, 7) is 4.15. The molecule has 0 radical (unpaired) electrons. The summed E-state index contributed by atoms with van der Waals surface area (Å²) >= 11 is 0. The molecule has 4 heteroatoms. The maximum Gasteiger partial charge on any atom is 0.0645 e. The smallest absolute Gasteiger partial charge is 0.0645 e. The molecule has 0 bridgehead atoms. The Morgan fingerprint density at radius 1 is 1.26 bits per heavy atom. The van der Waals surface area contributed by atoms with Crippen LogP contribution in [0.15, 0.2) is 42.7 Å². The molecule has 0 aliphatic heterocycles. The van der Waals surface area contributed by atoms with E-state index in [0.29, 0.717) is 6.04 Å². The standard InChI is InChI=1S/C15H22N4/c1-13(12-18(2)3)16-11-14-5-7-15(8-6-14)19-10-4-9-17-19/h4-10,13,16H,11-12H2,1-3H3. The molecular weight excluding hydrogens is 236 g/mol. The molecule has 19 heavy (non-hydrogen) atoms. The Hall–Kier alpha value is -1.65. The summed E-state index contributed by atoms with van der Waals surface area (Å²) in [5.41, 5.74) is 2.39. The lowest BCUT2D eigenvalue weighted by Gasteiger charge is -2.18. The zero-order valence-electron chi connectivity index (χ0n) is 11.9. The second-order valence-corrected chi connectivity index (χ2v) is 5.16. The first-order valence-corrected chi connectivity index (χ1v) is 6.62. The van der Waals surface area contributed by atoms with E-state index >= 15 is 0 Å². The molecule has 0 spiro atoms. The van der Waals surface area contributed by atoms with Gasteiger partial charge in [0.1, 0.15) is 0 Å². The minimum atomic E-state index is 0.487. The monoisotopic (exact) mass is 258 g/mol. The molecule has 1 aromatic carbocycles. The topological polar surface area (TPSA) is 33.1 Å². The summed E-state index contributed by atoms with van der Waals surface area (Å²) < 4.78 is 1.87. The van der Waals surface area contributed by atoms with Crippen LogP contribution in [0.5, 0.6) is 0 Å². The van der Waals surface area contributed by atoms with Crippen LogP contribution in [0.25, 0.3) is 5.69 Å². The first-order chi connectivity index (χ1) is 9.15. The summed E-state index contributed by atoms with van der Waals surface area (Å²) in [6, 6.07) is 10.9. The Morgan fingerprint density at radius 3 is 2.58 bits per heavy atom. The van der Waals surface area contributed by atoms with Crippen molar-refractivity contribution in [2.45, 2.75) is 19.5 Å². The van der Waals surface area contributed by atoms with Gasteiger partial charge in [-0.25, -0.2) is 4.68 Å². The lowest BCUT2D eigenvalue weighted by molar-refractivity contribution is 0.349. The van der Waals surface area contributed by atoms with Crippen molar-refractivity contribution in [2.75, 3.05) is 20.6 Å². The molecule has 0 fully saturated rings. The van der Waals surface area contributed by atoms with Gasteiger partial charge in [0.05, 0.1) is 5.69 Å². The van der Waals surface area contributed by atoms with Crippen LogP contribution in [0.3, 0.4) is 0 Å². The van der Waals surface area contributed by atoms with E-state index in [4.69, 9.17) is 0 Å². The molecule has 0 saturated heterocycles. The van der Waals surface area contributed by atoms with Crippen LogP contribution in [0.1, 0.15) is 12.5 Å². The molecule has 1 atom stereocenters. The van der Waals surface area contributed by atoms with E-state index < -0.39 is 0 Å². The van der Waals surface area contributed by atoms with Gasteiger partial charge in [-0.2, -0.15) is 5.10 Å². The normalized spacial score (nSPS) is 12.8. The molecule has 1 unspecified atom stereocenters. The van der Waals surface area contributed by atoms with Crippen LogP contribution in [-0.4, -0.2) is 41.4 Å². The van der Waals surface area contributed by atoms with E-state index in [1.54, 1.807) is 6.20 Å². The Labute approximate surface area is 115 Å². The fourth-order valence-electron chi connectivity index (χ4n) is 2.09. The number of hydrogen-bond acceptors (Lipinski definition) is 3. The fourth-order valence-corrected chi connectivity index (χ4v) is 2.09. The Bertz CT molecular complexity index is 473. The average Bonchev–Trinajstić information content (AvgIpc) is 2.90. The SMILES string of the molecule is CC(CN(C)C)NCc1ccc(-n2cccn2)cc1. The maximum atomic E-state index is 4.22. The molecule has 1 heterocycles. The highest BCUT2D eigenvalue weighted by Gasteiger charge is 2.03. The van der Waals surface area contributed by atoms with Crippen molar-refractivity contribution < 1.29 is 0 Å². The van der Waals surface area contributed by atoms with Gasteiger partial charge in [0.25, 0.3) is 0 Å². The van der Waals surface area contributed by atoms with Crippen LogP contribution < -0.4 is 5.32 Å². The van der Waals surface area contributed by atoms with Crippen molar-refractivity contribution in [1.29, 1.82) is 0 Å². The van der Waals surface area contributed by atoms with E-state index in [9.17, 15) is 0 Å². The summed E-state index contributed by atoms with van der Waals surface area (Å²) in [4.78, 5) is 2.19. The fraction of sp³-hybridized carbons (Fsp3) is 0.400. The van der Waals surface area contributed by atoms with Gasteiger partial charge in [-0.05, 0) is 44.8 Å². The molecule has 0 amide bonds. The first kappa shape index (κ1) is 13.8. The predicted molar refractivity (Wildman–Crippen MR) is 78.4 cm³/mol. The van der Waals surface area contributed by atoms with Crippen molar-refractivity contribution in [3.63, 3.8) is 0 Å². The number of hydrogen-bond donors (Lipinski definition) is 1. The third-order valence-electron chi connectivity index (χ3n) is 3.00. The number of nitrogens with zero attached hydrogens (tertiary/aromatic N) is 3. The van der Waals surface area contributed by atoms with Crippen molar-refractivity contribution in [3.05, 3.63) is 48.3 Å². The van der Waals surface area contributed by atoms with Crippen molar-refractivity contribution >= 4 is 0 Å². The van der Waals surface area contributed by atoms with E-state index in [1.165, 1.54) is 5.56 Å².